The number of nitrogens with zero attached hydrogens (tertiary/aromatic N) is 1. The lowest BCUT2D eigenvalue weighted by Crippen LogP contribution is -2.44. The highest BCUT2D eigenvalue weighted by molar-refractivity contribution is 4.94. The predicted molar refractivity (Wildman–Crippen MR) is 60.7 cm³/mol. The lowest BCUT2D eigenvalue weighted by Gasteiger charge is -2.35. The first-order valence-electron chi connectivity index (χ1n) is 6.77. The largest absolute Gasteiger partial charge is 0.391 e. The van der Waals surface area contributed by atoms with Gasteiger partial charge in [0.1, 0.15) is 0 Å². The molecule has 1 saturated heterocycles. The van der Waals surface area contributed by atoms with E-state index < -0.39 is 0 Å². The number of rotatable bonds is 1. The first-order valence-corrected chi connectivity index (χ1v) is 6.77. The maximum atomic E-state index is 10.1. The number of aliphatic hydroxyl groups excluding tert-OH is 1. The van der Waals surface area contributed by atoms with Crippen LogP contribution in [0.1, 0.15) is 44.9 Å². The molecule has 3 fully saturated rings. The number of aliphatic hydroxyl groups is 1. The molecule has 0 aromatic carbocycles. The minimum atomic E-state index is -0.0300. The third-order valence-electron chi connectivity index (χ3n) is 4.92. The van der Waals surface area contributed by atoms with Crippen molar-refractivity contribution in [1.29, 1.82) is 0 Å². The van der Waals surface area contributed by atoms with E-state index in [1.165, 1.54) is 51.6 Å². The van der Waals surface area contributed by atoms with Gasteiger partial charge in [0.2, 0.25) is 0 Å². The Morgan fingerprint density at radius 3 is 2.13 bits per heavy atom. The topological polar surface area (TPSA) is 23.5 Å². The van der Waals surface area contributed by atoms with Gasteiger partial charge in [-0.05, 0) is 37.5 Å². The summed E-state index contributed by atoms with van der Waals surface area (Å²) in [5.41, 5.74) is 0. The average Bonchev–Trinajstić information content (AvgIpc) is 2.77. The van der Waals surface area contributed by atoms with Gasteiger partial charge in [0, 0.05) is 19.1 Å². The molecule has 0 amide bonds. The van der Waals surface area contributed by atoms with Gasteiger partial charge in [-0.2, -0.15) is 0 Å². The highest BCUT2D eigenvalue weighted by Gasteiger charge is 2.40. The van der Waals surface area contributed by atoms with Crippen LogP contribution in [0.5, 0.6) is 0 Å². The zero-order chi connectivity index (χ0) is 10.3. The molecule has 86 valence electrons. The van der Waals surface area contributed by atoms with Crippen LogP contribution in [-0.2, 0) is 0 Å². The third-order valence-corrected chi connectivity index (χ3v) is 4.92. The lowest BCUT2D eigenvalue weighted by atomic mass is 9.91. The molecule has 3 rings (SSSR count). The molecule has 0 bridgehead atoms. The molecule has 2 nitrogen and oxygen atoms in total. The maximum Gasteiger partial charge on any atom is 0.0695 e. The molecule has 4 atom stereocenters. The van der Waals surface area contributed by atoms with Crippen LogP contribution in [0, 0.1) is 11.8 Å². The van der Waals surface area contributed by atoms with Gasteiger partial charge < -0.3 is 5.11 Å². The van der Waals surface area contributed by atoms with E-state index in [-0.39, 0.29) is 6.10 Å². The molecule has 1 aliphatic heterocycles. The van der Waals surface area contributed by atoms with E-state index in [4.69, 9.17) is 0 Å². The molecule has 15 heavy (non-hydrogen) atoms. The van der Waals surface area contributed by atoms with Crippen molar-refractivity contribution >= 4 is 0 Å². The van der Waals surface area contributed by atoms with E-state index in [1.54, 1.807) is 0 Å². The van der Waals surface area contributed by atoms with Crippen LogP contribution in [-0.4, -0.2) is 35.2 Å². The van der Waals surface area contributed by atoms with Crippen LogP contribution in [0.25, 0.3) is 0 Å². The normalized spacial score (nSPS) is 47.0. The van der Waals surface area contributed by atoms with E-state index in [0.29, 0.717) is 6.04 Å². The molecule has 2 heteroatoms. The smallest absolute Gasteiger partial charge is 0.0695 e. The minimum Gasteiger partial charge on any atom is -0.391 e. The summed E-state index contributed by atoms with van der Waals surface area (Å²) in [4.78, 5) is 2.61. The molecule has 3 aliphatic rings. The summed E-state index contributed by atoms with van der Waals surface area (Å²) in [6, 6.07) is 0.504. The van der Waals surface area contributed by atoms with E-state index in [1.807, 2.05) is 0 Å². The fraction of sp³-hybridized carbons (Fsp3) is 1.00. The Morgan fingerprint density at radius 2 is 1.47 bits per heavy atom. The fourth-order valence-corrected chi connectivity index (χ4v) is 4.06. The molecule has 1 N–H and O–H groups in total. The van der Waals surface area contributed by atoms with Crippen molar-refractivity contribution < 1.29 is 5.11 Å². The first-order chi connectivity index (χ1) is 7.34. The highest BCUT2D eigenvalue weighted by atomic mass is 16.3. The second kappa shape index (κ2) is 4.06. The van der Waals surface area contributed by atoms with E-state index >= 15 is 0 Å². The summed E-state index contributed by atoms with van der Waals surface area (Å²) in [6.07, 6.45) is 9.16. The number of hydrogen-bond donors (Lipinski definition) is 1. The van der Waals surface area contributed by atoms with E-state index in [9.17, 15) is 5.11 Å². The highest BCUT2D eigenvalue weighted by Crippen LogP contribution is 2.40. The van der Waals surface area contributed by atoms with Gasteiger partial charge in [-0.15, -0.1) is 0 Å². The molecular weight excluding hydrogens is 186 g/mol. The Balaban J connectivity index is 1.63. The van der Waals surface area contributed by atoms with Gasteiger partial charge in [0.05, 0.1) is 6.10 Å². The molecule has 2 saturated carbocycles. The molecule has 2 unspecified atom stereocenters. The van der Waals surface area contributed by atoms with Crippen molar-refractivity contribution in [3.05, 3.63) is 0 Å². The maximum absolute atomic E-state index is 10.1. The molecule has 0 radical (unpaired) electrons. The summed E-state index contributed by atoms with van der Waals surface area (Å²) in [5, 5.41) is 10.1. The van der Waals surface area contributed by atoms with Crippen molar-refractivity contribution in [2.75, 3.05) is 13.1 Å². The number of fused-ring (bicyclic) bond motifs is 1. The molecule has 0 spiro atoms. The molecule has 0 aromatic rings. The van der Waals surface area contributed by atoms with Gasteiger partial charge >= 0.3 is 0 Å². The predicted octanol–water partition coefficient (Wildman–Crippen LogP) is 2.02. The second-order valence-corrected chi connectivity index (χ2v) is 5.82. The molecule has 1 heterocycles. The Morgan fingerprint density at radius 1 is 0.800 bits per heavy atom. The Bertz CT molecular complexity index is 219. The zero-order valence-electron chi connectivity index (χ0n) is 9.57. The van der Waals surface area contributed by atoms with E-state index in [2.05, 4.69) is 4.90 Å². The van der Waals surface area contributed by atoms with Gasteiger partial charge in [-0.25, -0.2) is 0 Å². The van der Waals surface area contributed by atoms with Crippen molar-refractivity contribution in [1.82, 2.24) is 4.90 Å². The SMILES string of the molecule is O[C@H]1CCCC[C@@H]1N1CC2CCCC2C1. The molecule has 0 aromatic heterocycles. The first kappa shape index (κ1) is 10.1. The summed E-state index contributed by atoms with van der Waals surface area (Å²) in [6.45, 7) is 2.57. The lowest BCUT2D eigenvalue weighted by molar-refractivity contribution is 0.0275. The molecule has 2 aliphatic carbocycles. The Kier molecular flexibility index (Phi) is 2.73. The van der Waals surface area contributed by atoms with Crippen LogP contribution in [0.3, 0.4) is 0 Å². The van der Waals surface area contributed by atoms with Gasteiger partial charge in [-0.1, -0.05) is 19.3 Å². The average molecular weight is 209 g/mol. The van der Waals surface area contributed by atoms with Crippen molar-refractivity contribution in [3.63, 3.8) is 0 Å². The fourth-order valence-electron chi connectivity index (χ4n) is 4.06. The summed E-state index contributed by atoms with van der Waals surface area (Å²) in [5.74, 6) is 1.94. The van der Waals surface area contributed by atoms with Crippen molar-refractivity contribution in [2.45, 2.75) is 57.1 Å². The second-order valence-electron chi connectivity index (χ2n) is 5.82. The van der Waals surface area contributed by atoms with Crippen molar-refractivity contribution in [2.24, 2.45) is 11.8 Å². The van der Waals surface area contributed by atoms with Gasteiger partial charge in [0.15, 0.2) is 0 Å². The van der Waals surface area contributed by atoms with Gasteiger partial charge in [-0.3, -0.25) is 4.90 Å². The van der Waals surface area contributed by atoms with Gasteiger partial charge in [0.25, 0.3) is 0 Å². The standard InChI is InChI=1S/C13H23NO/c15-13-7-2-1-6-12(13)14-8-10-4-3-5-11(10)9-14/h10-13,15H,1-9H2/t10?,11?,12-,13-/m0/s1. The quantitative estimate of drug-likeness (QED) is 0.714. The van der Waals surface area contributed by atoms with Crippen LogP contribution < -0.4 is 0 Å². The van der Waals surface area contributed by atoms with Crippen LogP contribution >= 0.6 is 0 Å². The number of likely N-dealkylation sites (tertiary alicyclic amines) is 1. The Hall–Kier alpha value is -0.0800. The molecular formula is C13H23NO. The van der Waals surface area contributed by atoms with Crippen LogP contribution in [0.2, 0.25) is 0 Å². The third kappa shape index (κ3) is 1.83. The summed E-state index contributed by atoms with van der Waals surface area (Å²) in [7, 11) is 0. The summed E-state index contributed by atoms with van der Waals surface area (Å²) < 4.78 is 0. The van der Waals surface area contributed by atoms with E-state index in [0.717, 1.165) is 18.3 Å². The monoisotopic (exact) mass is 209 g/mol. The van der Waals surface area contributed by atoms with Crippen LogP contribution in [0.4, 0.5) is 0 Å². The van der Waals surface area contributed by atoms with Crippen molar-refractivity contribution in [3.8, 4) is 0 Å². The van der Waals surface area contributed by atoms with Crippen LogP contribution in [0.15, 0.2) is 0 Å². The number of hydrogen-bond acceptors (Lipinski definition) is 2. The zero-order valence-corrected chi connectivity index (χ0v) is 9.57. The summed E-state index contributed by atoms with van der Waals surface area (Å²) >= 11 is 0. The Labute approximate surface area is 92.7 Å². The minimum absolute atomic E-state index is 0.0300.